The topological polar surface area (TPSA) is 44.4 Å². The summed E-state index contributed by atoms with van der Waals surface area (Å²) in [5.74, 6) is 0. The standard InChI is InChI=1S/C9H11N3O/c1-7-10-11-9(13)12(7)8-5-3-2-4-6-8/h2-7,10H,1H3,(H,11,13)/t7-/m1/s1. The summed E-state index contributed by atoms with van der Waals surface area (Å²) in [4.78, 5) is 13.0. The molecule has 4 nitrogen and oxygen atoms in total. The third-order valence-electron chi connectivity index (χ3n) is 2.03. The minimum Gasteiger partial charge on any atom is -0.276 e. The van der Waals surface area contributed by atoms with E-state index in [1.165, 1.54) is 0 Å². The number of para-hydroxylation sites is 1. The summed E-state index contributed by atoms with van der Waals surface area (Å²) in [7, 11) is 0. The molecular formula is C9H11N3O. The Hall–Kier alpha value is -1.55. The molecule has 4 heteroatoms. The molecule has 13 heavy (non-hydrogen) atoms. The molecule has 0 aromatic heterocycles. The first-order valence-corrected chi connectivity index (χ1v) is 4.19. The molecule has 0 radical (unpaired) electrons. The molecule has 1 fully saturated rings. The average Bonchev–Trinajstić information content (AvgIpc) is 2.48. The molecule has 1 aliphatic rings. The lowest BCUT2D eigenvalue weighted by atomic mass is 10.3. The number of anilines is 1. The minimum atomic E-state index is -0.112. The summed E-state index contributed by atoms with van der Waals surface area (Å²) in [5.41, 5.74) is 6.30. The largest absolute Gasteiger partial charge is 0.337 e. The lowest BCUT2D eigenvalue weighted by molar-refractivity contribution is 0.250. The Morgan fingerprint density at radius 2 is 2.00 bits per heavy atom. The smallest absolute Gasteiger partial charge is 0.276 e. The lowest BCUT2D eigenvalue weighted by Crippen LogP contribution is -2.34. The number of benzene rings is 1. The van der Waals surface area contributed by atoms with Crippen LogP contribution in [0, 0.1) is 0 Å². The maximum absolute atomic E-state index is 11.3. The van der Waals surface area contributed by atoms with E-state index in [-0.39, 0.29) is 12.2 Å². The van der Waals surface area contributed by atoms with Crippen LogP contribution in [0.2, 0.25) is 0 Å². The van der Waals surface area contributed by atoms with Gasteiger partial charge in [-0.3, -0.25) is 10.3 Å². The van der Waals surface area contributed by atoms with Crippen molar-refractivity contribution in [1.82, 2.24) is 10.9 Å². The number of amides is 2. The fourth-order valence-electron chi connectivity index (χ4n) is 1.40. The number of nitrogens with one attached hydrogen (secondary N) is 2. The SMILES string of the molecule is C[C@@H]1NNC(=O)N1c1ccccc1. The van der Waals surface area contributed by atoms with E-state index in [2.05, 4.69) is 10.9 Å². The highest BCUT2D eigenvalue weighted by Gasteiger charge is 2.27. The molecule has 0 spiro atoms. The second kappa shape index (κ2) is 3.06. The lowest BCUT2D eigenvalue weighted by Gasteiger charge is -2.18. The maximum atomic E-state index is 11.3. The van der Waals surface area contributed by atoms with Gasteiger partial charge in [-0.05, 0) is 19.1 Å². The average molecular weight is 177 g/mol. The molecule has 1 aromatic carbocycles. The molecule has 1 aliphatic heterocycles. The van der Waals surface area contributed by atoms with Gasteiger partial charge in [0.2, 0.25) is 0 Å². The first-order chi connectivity index (χ1) is 6.29. The van der Waals surface area contributed by atoms with Gasteiger partial charge in [-0.1, -0.05) is 18.2 Å². The number of carbonyl (C=O) groups excluding carboxylic acids is 1. The fourth-order valence-corrected chi connectivity index (χ4v) is 1.40. The third-order valence-corrected chi connectivity index (χ3v) is 2.03. The van der Waals surface area contributed by atoms with Crippen molar-refractivity contribution < 1.29 is 4.79 Å². The molecule has 2 amide bonds. The van der Waals surface area contributed by atoms with Crippen molar-refractivity contribution in [2.45, 2.75) is 13.1 Å². The van der Waals surface area contributed by atoms with E-state index in [0.29, 0.717) is 0 Å². The van der Waals surface area contributed by atoms with Crippen LogP contribution in [-0.4, -0.2) is 12.2 Å². The Bertz CT molecular complexity index is 312. The van der Waals surface area contributed by atoms with Crippen molar-refractivity contribution in [3.05, 3.63) is 30.3 Å². The van der Waals surface area contributed by atoms with Gasteiger partial charge in [0, 0.05) is 5.69 Å². The van der Waals surface area contributed by atoms with Gasteiger partial charge in [0.15, 0.2) is 0 Å². The van der Waals surface area contributed by atoms with E-state index in [0.717, 1.165) is 5.69 Å². The first kappa shape index (κ1) is 8.07. The predicted molar refractivity (Wildman–Crippen MR) is 50.1 cm³/mol. The van der Waals surface area contributed by atoms with Crippen LogP contribution in [0.15, 0.2) is 30.3 Å². The first-order valence-electron chi connectivity index (χ1n) is 4.19. The van der Waals surface area contributed by atoms with Gasteiger partial charge in [0.25, 0.3) is 0 Å². The molecule has 2 N–H and O–H groups in total. The number of hydrazine groups is 1. The summed E-state index contributed by atoms with van der Waals surface area (Å²) >= 11 is 0. The van der Waals surface area contributed by atoms with Gasteiger partial charge in [0.05, 0.1) is 0 Å². The minimum absolute atomic E-state index is 0.00472. The van der Waals surface area contributed by atoms with Crippen LogP contribution < -0.4 is 15.8 Å². The van der Waals surface area contributed by atoms with Crippen LogP contribution in [0.25, 0.3) is 0 Å². The van der Waals surface area contributed by atoms with Crippen LogP contribution in [0.3, 0.4) is 0 Å². The Morgan fingerprint density at radius 3 is 2.54 bits per heavy atom. The summed E-state index contributed by atoms with van der Waals surface area (Å²) in [5, 5.41) is 0. The Labute approximate surface area is 76.5 Å². The zero-order chi connectivity index (χ0) is 9.26. The summed E-state index contributed by atoms with van der Waals surface area (Å²) in [6.45, 7) is 1.92. The molecule has 0 bridgehead atoms. The molecule has 2 rings (SSSR count). The molecular weight excluding hydrogens is 166 g/mol. The highest BCUT2D eigenvalue weighted by Crippen LogP contribution is 2.17. The molecule has 1 saturated heterocycles. The fraction of sp³-hybridized carbons (Fsp3) is 0.222. The number of nitrogens with zero attached hydrogens (tertiary/aromatic N) is 1. The van der Waals surface area contributed by atoms with Gasteiger partial charge in [-0.15, -0.1) is 0 Å². The summed E-state index contributed by atoms with van der Waals surface area (Å²) in [6, 6.07) is 9.45. The van der Waals surface area contributed by atoms with Crippen LogP contribution in [-0.2, 0) is 0 Å². The number of hydrogen-bond donors (Lipinski definition) is 2. The molecule has 0 aliphatic carbocycles. The Kier molecular flexibility index (Phi) is 1.90. The predicted octanol–water partition coefficient (Wildman–Crippen LogP) is 1.07. The second-order valence-electron chi connectivity index (χ2n) is 2.96. The monoisotopic (exact) mass is 177 g/mol. The van der Waals surface area contributed by atoms with Gasteiger partial charge in [-0.25, -0.2) is 10.2 Å². The van der Waals surface area contributed by atoms with Crippen LogP contribution in [0.4, 0.5) is 10.5 Å². The molecule has 0 unspecified atom stereocenters. The third kappa shape index (κ3) is 1.36. The summed E-state index contributed by atoms with van der Waals surface area (Å²) < 4.78 is 0. The highest BCUT2D eigenvalue weighted by molar-refractivity contribution is 5.93. The van der Waals surface area contributed by atoms with Crippen molar-refractivity contribution in [3.8, 4) is 0 Å². The van der Waals surface area contributed by atoms with Crippen molar-refractivity contribution >= 4 is 11.7 Å². The number of carbonyl (C=O) groups is 1. The number of hydrogen-bond acceptors (Lipinski definition) is 2. The zero-order valence-corrected chi connectivity index (χ0v) is 7.32. The van der Waals surface area contributed by atoms with Crippen molar-refractivity contribution in [2.24, 2.45) is 0 Å². The van der Waals surface area contributed by atoms with Crippen LogP contribution in [0.5, 0.6) is 0 Å². The second-order valence-corrected chi connectivity index (χ2v) is 2.96. The molecule has 1 aromatic rings. The summed E-state index contributed by atoms with van der Waals surface area (Å²) in [6.07, 6.45) is -0.00472. The molecule has 68 valence electrons. The molecule has 0 saturated carbocycles. The zero-order valence-electron chi connectivity index (χ0n) is 7.32. The van der Waals surface area contributed by atoms with Gasteiger partial charge >= 0.3 is 6.03 Å². The normalized spacial score (nSPS) is 21.8. The van der Waals surface area contributed by atoms with Gasteiger partial charge in [0.1, 0.15) is 6.17 Å². The van der Waals surface area contributed by atoms with E-state index in [4.69, 9.17) is 0 Å². The van der Waals surface area contributed by atoms with E-state index in [1.807, 2.05) is 37.3 Å². The van der Waals surface area contributed by atoms with E-state index in [9.17, 15) is 4.79 Å². The number of urea groups is 1. The van der Waals surface area contributed by atoms with Crippen molar-refractivity contribution in [3.63, 3.8) is 0 Å². The maximum Gasteiger partial charge on any atom is 0.337 e. The van der Waals surface area contributed by atoms with Crippen molar-refractivity contribution in [1.29, 1.82) is 0 Å². The van der Waals surface area contributed by atoms with Crippen LogP contribution >= 0.6 is 0 Å². The van der Waals surface area contributed by atoms with E-state index in [1.54, 1.807) is 4.90 Å². The van der Waals surface area contributed by atoms with Gasteiger partial charge in [-0.2, -0.15) is 0 Å². The highest BCUT2D eigenvalue weighted by atomic mass is 16.2. The number of rotatable bonds is 1. The van der Waals surface area contributed by atoms with E-state index >= 15 is 0 Å². The van der Waals surface area contributed by atoms with Gasteiger partial charge < -0.3 is 0 Å². The molecule has 1 atom stereocenters. The van der Waals surface area contributed by atoms with Crippen molar-refractivity contribution in [2.75, 3.05) is 4.90 Å². The van der Waals surface area contributed by atoms with Crippen LogP contribution in [0.1, 0.15) is 6.92 Å². The van der Waals surface area contributed by atoms with E-state index < -0.39 is 0 Å². The Morgan fingerprint density at radius 1 is 1.31 bits per heavy atom. The Balaban J connectivity index is 2.30. The molecule has 1 heterocycles. The quantitative estimate of drug-likeness (QED) is 0.673.